The summed E-state index contributed by atoms with van der Waals surface area (Å²) >= 11 is 0. The third-order valence-corrected chi connectivity index (χ3v) is 4.77. The summed E-state index contributed by atoms with van der Waals surface area (Å²) in [5.74, 6) is 0.371. The van der Waals surface area contributed by atoms with Crippen LogP contribution in [0.3, 0.4) is 0 Å². The van der Waals surface area contributed by atoms with E-state index in [1.165, 1.54) is 30.1 Å². The number of amides is 1. The van der Waals surface area contributed by atoms with Gasteiger partial charge in [-0.25, -0.2) is 9.78 Å². The number of likely N-dealkylation sites (tertiary alicyclic amines) is 1. The monoisotopic (exact) mass is 357 g/mol. The van der Waals surface area contributed by atoms with Crippen molar-refractivity contribution in [3.05, 3.63) is 40.4 Å². The second kappa shape index (κ2) is 7.27. The first-order chi connectivity index (χ1) is 12.4. The lowest BCUT2D eigenvalue weighted by Gasteiger charge is -2.35. The predicted molar refractivity (Wildman–Crippen MR) is 96.9 cm³/mol. The van der Waals surface area contributed by atoms with Crippen LogP contribution in [0.15, 0.2) is 29.3 Å². The van der Waals surface area contributed by atoms with Crippen LogP contribution >= 0.6 is 0 Å². The quantitative estimate of drug-likeness (QED) is 0.781. The maximum absolute atomic E-state index is 12.7. The zero-order chi connectivity index (χ0) is 18.8. The van der Waals surface area contributed by atoms with E-state index < -0.39 is 5.97 Å². The van der Waals surface area contributed by atoms with E-state index in [2.05, 4.69) is 23.6 Å². The number of fused-ring (bicyclic) bond motifs is 1. The molecule has 1 aromatic carbocycles. The van der Waals surface area contributed by atoms with Crippen molar-refractivity contribution in [2.24, 2.45) is 11.8 Å². The number of rotatable bonds is 3. The molecule has 138 valence electrons. The molecule has 0 bridgehead atoms. The minimum absolute atomic E-state index is 0.0278. The van der Waals surface area contributed by atoms with Crippen LogP contribution in [-0.2, 0) is 16.1 Å². The highest BCUT2D eigenvalue weighted by Gasteiger charge is 2.25. The Balaban J connectivity index is 1.84. The lowest BCUT2D eigenvalue weighted by Crippen LogP contribution is -2.44. The van der Waals surface area contributed by atoms with Crippen LogP contribution in [0.4, 0.5) is 0 Å². The van der Waals surface area contributed by atoms with Crippen LogP contribution in [0, 0.1) is 11.8 Å². The predicted octanol–water partition coefficient (Wildman–Crippen LogP) is 1.69. The molecule has 7 heteroatoms. The number of nitrogens with zero attached hydrogens (tertiary/aromatic N) is 3. The van der Waals surface area contributed by atoms with Crippen LogP contribution in [0.25, 0.3) is 10.9 Å². The van der Waals surface area contributed by atoms with Crippen molar-refractivity contribution < 1.29 is 14.3 Å². The average Bonchev–Trinajstić information content (AvgIpc) is 2.62. The number of carbonyl (C=O) groups excluding carboxylic acids is 2. The van der Waals surface area contributed by atoms with Crippen LogP contribution in [0.2, 0.25) is 0 Å². The average molecular weight is 357 g/mol. The van der Waals surface area contributed by atoms with Gasteiger partial charge in [-0.1, -0.05) is 13.8 Å². The summed E-state index contributed by atoms with van der Waals surface area (Å²) in [5.41, 5.74) is 0.441. The summed E-state index contributed by atoms with van der Waals surface area (Å²) in [5, 5.41) is 0.369. The first-order valence-electron chi connectivity index (χ1n) is 8.74. The lowest BCUT2D eigenvalue weighted by atomic mass is 9.92. The molecule has 3 rings (SSSR count). The fourth-order valence-corrected chi connectivity index (χ4v) is 3.63. The first kappa shape index (κ1) is 18.1. The Kier molecular flexibility index (Phi) is 5.06. The molecule has 2 atom stereocenters. The highest BCUT2D eigenvalue weighted by Crippen LogP contribution is 2.21. The Hall–Kier alpha value is -2.70. The molecule has 0 aliphatic carbocycles. The number of aromatic nitrogens is 2. The SMILES string of the molecule is COC(=O)c1ccc2c(=O)n(CC(=O)N3C[C@H](C)C[C@H](C)C3)cnc2c1. The van der Waals surface area contributed by atoms with Gasteiger partial charge in [0, 0.05) is 13.1 Å². The van der Waals surface area contributed by atoms with Gasteiger partial charge >= 0.3 is 5.97 Å². The fourth-order valence-electron chi connectivity index (χ4n) is 3.63. The summed E-state index contributed by atoms with van der Waals surface area (Å²) in [4.78, 5) is 42.9. The van der Waals surface area contributed by atoms with Crippen molar-refractivity contribution in [2.75, 3.05) is 20.2 Å². The summed E-state index contributed by atoms with van der Waals surface area (Å²) in [6.45, 7) is 5.69. The Morgan fingerprint density at radius 1 is 1.23 bits per heavy atom. The van der Waals surface area contributed by atoms with E-state index in [0.29, 0.717) is 28.3 Å². The van der Waals surface area contributed by atoms with Gasteiger partial charge in [0.15, 0.2) is 0 Å². The largest absolute Gasteiger partial charge is 0.465 e. The molecular formula is C19H23N3O4. The molecule has 26 heavy (non-hydrogen) atoms. The molecule has 0 radical (unpaired) electrons. The molecule has 1 saturated heterocycles. The van der Waals surface area contributed by atoms with Crippen LogP contribution in [-0.4, -0.2) is 46.5 Å². The van der Waals surface area contributed by atoms with Gasteiger partial charge in [-0.3, -0.25) is 14.2 Å². The van der Waals surface area contributed by atoms with Gasteiger partial charge in [0.05, 0.1) is 29.9 Å². The van der Waals surface area contributed by atoms with Gasteiger partial charge in [-0.15, -0.1) is 0 Å². The van der Waals surface area contributed by atoms with Crippen molar-refractivity contribution in [1.29, 1.82) is 0 Å². The number of piperidine rings is 1. The minimum Gasteiger partial charge on any atom is -0.465 e. The Labute approximate surface area is 151 Å². The molecule has 0 unspecified atom stereocenters. The van der Waals surface area contributed by atoms with Gasteiger partial charge in [-0.2, -0.15) is 0 Å². The molecule has 0 N–H and O–H groups in total. The maximum Gasteiger partial charge on any atom is 0.337 e. The van der Waals surface area contributed by atoms with E-state index in [1.54, 1.807) is 6.07 Å². The maximum atomic E-state index is 12.7. The molecule has 2 aromatic rings. The number of carbonyl (C=O) groups is 2. The number of ether oxygens (including phenoxy) is 1. The van der Waals surface area contributed by atoms with Crippen molar-refractivity contribution in [2.45, 2.75) is 26.8 Å². The van der Waals surface area contributed by atoms with Crippen molar-refractivity contribution in [3.8, 4) is 0 Å². The number of hydrogen-bond donors (Lipinski definition) is 0. The number of benzene rings is 1. The standard InChI is InChI=1S/C19H23N3O4/c1-12-6-13(2)9-21(8-12)17(23)10-22-11-20-16-7-14(19(25)26-3)4-5-15(16)18(22)24/h4-5,7,11-13H,6,8-10H2,1-3H3/t12-,13+. The number of hydrogen-bond acceptors (Lipinski definition) is 5. The van der Waals surface area contributed by atoms with Crippen molar-refractivity contribution in [1.82, 2.24) is 14.5 Å². The third kappa shape index (κ3) is 3.61. The van der Waals surface area contributed by atoms with Crippen LogP contribution in [0.1, 0.15) is 30.6 Å². The van der Waals surface area contributed by atoms with Crippen molar-refractivity contribution in [3.63, 3.8) is 0 Å². The Bertz CT molecular complexity index is 895. The van der Waals surface area contributed by atoms with Gasteiger partial charge in [0.1, 0.15) is 6.54 Å². The molecule has 1 aromatic heterocycles. The zero-order valence-corrected chi connectivity index (χ0v) is 15.3. The molecular weight excluding hydrogens is 334 g/mol. The van der Waals surface area contributed by atoms with Crippen LogP contribution in [0.5, 0.6) is 0 Å². The van der Waals surface area contributed by atoms with Gasteiger partial charge in [-0.05, 0) is 36.5 Å². The van der Waals surface area contributed by atoms with E-state index in [-0.39, 0.29) is 18.0 Å². The highest BCUT2D eigenvalue weighted by atomic mass is 16.5. The molecule has 1 aliphatic heterocycles. The minimum atomic E-state index is -0.485. The molecule has 7 nitrogen and oxygen atoms in total. The molecule has 0 saturated carbocycles. The van der Waals surface area contributed by atoms with Crippen LogP contribution < -0.4 is 5.56 Å². The van der Waals surface area contributed by atoms with Gasteiger partial charge in [0.25, 0.3) is 5.56 Å². The zero-order valence-electron chi connectivity index (χ0n) is 15.3. The van der Waals surface area contributed by atoms with E-state index >= 15 is 0 Å². The molecule has 1 amide bonds. The normalized spacial score (nSPS) is 20.2. The fraction of sp³-hybridized carbons (Fsp3) is 0.474. The second-order valence-electron chi connectivity index (χ2n) is 7.15. The Morgan fingerprint density at radius 2 is 1.92 bits per heavy atom. The van der Waals surface area contributed by atoms with E-state index in [4.69, 9.17) is 0 Å². The van der Waals surface area contributed by atoms with Gasteiger partial charge < -0.3 is 9.64 Å². The topological polar surface area (TPSA) is 81.5 Å². The van der Waals surface area contributed by atoms with Crippen molar-refractivity contribution >= 4 is 22.8 Å². The Morgan fingerprint density at radius 3 is 2.58 bits per heavy atom. The molecule has 1 fully saturated rings. The smallest absolute Gasteiger partial charge is 0.337 e. The second-order valence-corrected chi connectivity index (χ2v) is 7.15. The van der Waals surface area contributed by atoms with E-state index in [9.17, 15) is 14.4 Å². The molecule has 2 heterocycles. The lowest BCUT2D eigenvalue weighted by molar-refractivity contribution is -0.134. The first-order valence-corrected chi connectivity index (χ1v) is 8.74. The van der Waals surface area contributed by atoms with E-state index in [0.717, 1.165) is 19.5 Å². The summed E-state index contributed by atoms with van der Waals surface area (Å²) < 4.78 is 6.00. The van der Waals surface area contributed by atoms with E-state index in [1.807, 2.05) is 4.90 Å². The molecule has 1 aliphatic rings. The third-order valence-electron chi connectivity index (χ3n) is 4.77. The summed E-state index contributed by atoms with van der Waals surface area (Å²) in [6, 6.07) is 4.59. The molecule has 0 spiro atoms. The number of methoxy groups -OCH3 is 1. The van der Waals surface area contributed by atoms with Gasteiger partial charge in [0.2, 0.25) is 5.91 Å². The highest BCUT2D eigenvalue weighted by molar-refractivity contribution is 5.94. The summed E-state index contributed by atoms with van der Waals surface area (Å²) in [6.07, 6.45) is 2.48. The summed E-state index contributed by atoms with van der Waals surface area (Å²) in [7, 11) is 1.30. The number of esters is 1.